The third kappa shape index (κ3) is 5.92. The van der Waals surface area contributed by atoms with Gasteiger partial charge in [0.2, 0.25) is 0 Å². The van der Waals surface area contributed by atoms with Crippen LogP contribution in [0.3, 0.4) is 0 Å². The molecular formula is C23H37N3S. The van der Waals surface area contributed by atoms with Crippen molar-refractivity contribution in [3.63, 3.8) is 0 Å². The Labute approximate surface area is 171 Å². The van der Waals surface area contributed by atoms with Gasteiger partial charge in [0.05, 0.1) is 0 Å². The molecule has 1 aromatic carbocycles. The monoisotopic (exact) mass is 387 g/mol. The molecule has 1 aliphatic heterocycles. The number of benzene rings is 1. The summed E-state index contributed by atoms with van der Waals surface area (Å²) in [7, 11) is 0. The quantitative estimate of drug-likeness (QED) is 0.711. The minimum atomic E-state index is 0.129. The number of nitrogens with one attached hydrogen (secondary N) is 2. The standard InChI is InChI=1S/C23H37N3S/c1-22(2)15-19(16-23(3,4)25-22)24-21(27)26(20-13-9-6-10-14-20)17-18-11-7-5-8-12-18/h5,7-8,11-12,19-20,25H,6,9-10,13-17H2,1-4H3,(H,24,27). The van der Waals surface area contributed by atoms with Crippen molar-refractivity contribution >= 4 is 17.3 Å². The highest BCUT2D eigenvalue weighted by atomic mass is 32.1. The topological polar surface area (TPSA) is 27.3 Å². The number of hydrogen-bond donors (Lipinski definition) is 2. The van der Waals surface area contributed by atoms with Gasteiger partial charge < -0.3 is 15.5 Å². The van der Waals surface area contributed by atoms with Crippen LogP contribution in [0.1, 0.15) is 78.2 Å². The van der Waals surface area contributed by atoms with Gasteiger partial charge >= 0.3 is 0 Å². The lowest BCUT2D eigenvalue weighted by Crippen LogP contribution is -2.63. The number of rotatable bonds is 4. The van der Waals surface area contributed by atoms with E-state index in [4.69, 9.17) is 12.2 Å². The Hall–Kier alpha value is -1.13. The molecule has 1 saturated carbocycles. The fourth-order valence-corrected chi connectivity index (χ4v) is 5.60. The normalized spacial score (nSPS) is 23.0. The van der Waals surface area contributed by atoms with Crippen molar-refractivity contribution in [3.05, 3.63) is 35.9 Å². The lowest BCUT2D eigenvalue weighted by molar-refractivity contribution is 0.151. The Morgan fingerprint density at radius 3 is 2.22 bits per heavy atom. The summed E-state index contributed by atoms with van der Waals surface area (Å²) in [4.78, 5) is 2.48. The summed E-state index contributed by atoms with van der Waals surface area (Å²) in [5.41, 5.74) is 1.60. The highest BCUT2D eigenvalue weighted by Gasteiger charge is 2.38. The number of nitrogens with zero attached hydrogens (tertiary/aromatic N) is 1. The first-order chi connectivity index (χ1) is 12.7. The second-order valence-corrected chi connectivity index (χ2v) is 10.2. The molecular weight excluding hydrogens is 350 g/mol. The fraction of sp³-hybridized carbons (Fsp3) is 0.696. The maximum atomic E-state index is 5.98. The van der Waals surface area contributed by atoms with E-state index in [1.807, 2.05) is 0 Å². The van der Waals surface area contributed by atoms with Gasteiger partial charge in [0.15, 0.2) is 5.11 Å². The molecule has 0 atom stereocenters. The third-order valence-electron chi connectivity index (χ3n) is 5.99. The zero-order valence-corrected chi connectivity index (χ0v) is 18.4. The molecule has 0 spiro atoms. The Morgan fingerprint density at radius 2 is 1.63 bits per heavy atom. The van der Waals surface area contributed by atoms with Crippen LogP contribution >= 0.6 is 12.2 Å². The minimum Gasteiger partial charge on any atom is -0.360 e. The molecule has 1 aromatic rings. The molecule has 0 unspecified atom stereocenters. The van der Waals surface area contributed by atoms with E-state index in [-0.39, 0.29) is 11.1 Å². The van der Waals surface area contributed by atoms with Crippen LogP contribution in [0.15, 0.2) is 30.3 Å². The number of thiocarbonyl (C=S) groups is 1. The number of hydrogen-bond acceptors (Lipinski definition) is 2. The van der Waals surface area contributed by atoms with Gasteiger partial charge in [-0.15, -0.1) is 0 Å². The van der Waals surface area contributed by atoms with Crippen molar-refractivity contribution in [2.75, 3.05) is 0 Å². The van der Waals surface area contributed by atoms with Crippen LogP contribution in [-0.4, -0.2) is 33.2 Å². The highest BCUT2D eigenvalue weighted by molar-refractivity contribution is 7.80. The van der Waals surface area contributed by atoms with Gasteiger partial charge in [-0.1, -0.05) is 49.6 Å². The van der Waals surface area contributed by atoms with Gasteiger partial charge in [-0.05, 0) is 71.2 Å². The zero-order chi connectivity index (χ0) is 19.5. The molecule has 1 aliphatic carbocycles. The van der Waals surface area contributed by atoms with Gasteiger partial charge in [0.1, 0.15) is 0 Å². The summed E-state index contributed by atoms with van der Waals surface area (Å²) in [5, 5.41) is 8.48. The predicted octanol–water partition coefficient (Wildman–Crippen LogP) is 5.01. The molecule has 1 heterocycles. The maximum Gasteiger partial charge on any atom is 0.169 e. The van der Waals surface area contributed by atoms with E-state index >= 15 is 0 Å². The second-order valence-electron chi connectivity index (χ2n) is 9.85. The Bertz CT molecular complexity index is 604. The van der Waals surface area contributed by atoms with Crippen molar-refractivity contribution in [1.29, 1.82) is 0 Å². The molecule has 150 valence electrons. The van der Waals surface area contributed by atoms with Gasteiger partial charge in [0.25, 0.3) is 0 Å². The molecule has 2 aliphatic rings. The first-order valence-corrected chi connectivity index (χ1v) is 11.1. The van der Waals surface area contributed by atoms with E-state index in [2.05, 4.69) is 73.6 Å². The fourth-order valence-electron chi connectivity index (χ4n) is 5.22. The van der Waals surface area contributed by atoms with E-state index in [0.29, 0.717) is 12.1 Å². The minimum absolute atomic E-state index is 0.129. The first kappa shape index (κ1) is 20.6. The molecule has 2 N–H and O–H groups in total. The van der Waals surface area contributed by atoms with Crippen LogP contribution in [-0.2, 0) is 6.54 Å². The molecule has 1 saturated heterocycles. The van der Waals surface area contributed by atoms with Crippen molar-refractivity contribution in [1.82, 2.24) is 15.5 Å². The van der Waals surface area contributed by atoms with Gasteiger partial charge in [0, 0.05) is 29.7 Å². The van der Waals surface area contributed by atoms with Crippen LogP contribution in [0.4, 0.5) is 0 Å². The van der Waals surface area contributed by atoms with E-state index < -0.39 is 0 Å². The van der Waals surface area contributed by atoms with Crippen molar-refractivity contribution in [3.8, 4) is 0 Å². The Balaban J connectivity index is 1.72. The summed E-state index contributed by atoms with van der Waals surface area (Å²) >= 11 is 5.98. The van der Waals surface area contributed by atoms with Crippen molar-refractivity contribution < 1.29 is 0 Å². The summed E-state index contributed by atoms with van der Waals surface area (Å²) in [6, 6.07) is 11.8. The highest BCUT2D eigenvalue weighted by Crippen LogP contribution is 2.29. The largest absolute Gasteiger partial charge is 0.360 e. The van der Waals surface area contributed by atoms with Crippen molar-refractivity contribution in [2.24, 2.45) is 0 Å². The maximum absolute atomic E-state index is 5.98. The molecule has 0 amide bonds. The molecule has 4 heteroatoms. The first-order valence-electron chi connectivity index (χ1n) is 10.6. The smallest absolute Gasteiger partial charge is 0.169 e. The van der Waals surface area contributed by atoms with Gasteiger partial charge in [-0.3, -0.25) is 0 Å². The summed E-state index contributed by atoms with van der Waals surface area (Å²) in [6.45, 7) is 10.1. The summed E-state index contributed by atoms with van der Waals surface area (Å²) in [6.07, 6.45) is 8.74. The van der Waals surface area contributed by atoms with Gasteiger partial charge in [-0.25, -0.2) is 0 Å². The van der Waals surface area contributed by atoms with Crippen LogP contribution < -0.4 is 10.6 Å². The average molecular weight is 388 g/mol. The molecule has 3 nitrogen and oxygen atoms in total. The molecule has 27 heavy (non-hydrogen) atoms. The third-order valence-corrected chi connectivity index (χ3v) is 6.34. The SMILES string of the molecule is CC1(C)CC(NC(=S)N(Cc2ccccc2)C2CCCCC2)CC(C)(C)N1. The summed E-state index contributed by atoms with van der Waals surface area (Å²) < 4.78 is 0. The van der Waals surface area contributed by atoms with Crippen molar-refractivity contribution in [2.45, 2.75) is 102 Å². The van der Waals surface area contributed by atoms with Crippen LogP contribution in [0, 0.1) is 0 Å². The van der Waals surface area contributed by atoms with Crippen LogP contribution in [0.2, 0.25) is 0 Å². The molecule has 2 fully saturated rings. The Kier molecular flexibility index (Phi) is 6.47. The van der Waals surface area contributed by atoms with E-state index in [1.165, 1.54) is 37.7 Å². The lowest BCUT2D eigenvalue weighted by atomic mass is 9.79. The van der Waals surface area contributed by atoms with Crippen LogP contribution in [0.5, 0.6) is 0 Å². The lowest BCUT2D eigenvalue weighted by Gasteiger charge is -2.47. The number of piperidine rings is 1. The van der Waals surface area contributed by atoms with Crippen LogP contribution in [0.25, 0.3) is 0 Å². The molecule has 3 rings (SSSR count). The molecule has 0 aromatic heterocycles. The van der Waals surface area contributed by atoms with Gasteiger partial charge in [-0.2, -0.15) is 0 Å². The Morgan fingerprint density at radius 1 is 1.04 bits per heavy atom. The van der Waals surface area contributed by atoms with E-state index in [1.54, 1.807) is 0 Å². The summed E-state index contributed by atoms with van der Waals surface area (Å²) in [5.74, 6) is 0. The van der Waals surface area contributed by atoms with E-state index in [9.17, 15) is 0 Å². The second kappa shape index (κ2) is 8.48. The average Bonchev–Trinajstić information content (AvgIpc) is 2.58. The zero-order valence-electron chi connectivity index (χ0n) is 17.6. The predicted molar refractivity (Wildman–Crippen MR) is 119 cm³/mol. The van der Waals surface area contributed by atoms with E-state index in [0.717, 1.165) is 24.5 Å². The molecule has 0 bridgehead atoms. The molecule has 0 radical (unpaired) electrons.